The van der Waals surface area contributed by atoms with Crippen LogP contribution in [0.5, 0.6) is 0 Å². The lowest BCUT2D eigenvalue weighted by Gasteiger charge is -2.11. The molecule has 94 valence electrons. The van der Waals surface area contributed by atoms with Gasteiger partial charge in [-0.25, -0.2) is 4.98 Å². The third kappa shape index (κ3) is 2.87. The van der Waals surface area contributed by atoms with Crippen LogP contribution in [0, 0.1) is 0 Å². The Morgan fingerprint density at radius 1 is 1.00 bits per heavy atom. The summed E-state index contributed by atoms with van der Waals surface area (Å²) in [5.74, 6) is 0.971. The van der Waals surface area contributed by atoms with E-state index in [4.69, 9.17) is 5.73 Å². The molecule has 2 rings (SSSR count). The van der Waals surface area contributed by atoms with Crippen LogP contribution in [0.4, 0.5) is 5.82 Å². The highest BCUT2D eigenvalue weighted by molar-refractivity contribution is 5.64. The van der Waals surface area contributed by atoms with E-state index in [-0.39, 0.29) is 0 Å². The minimum absolute atomic E-state index is 0.693. The predicted octanol–water partition coefficient (Wildman–Crippen LogP) is 2.32. The first-order valence-electron chi connectivity index (χ1n) is 6.13. The van der Waals surface area contributed by atoms with Gasteiger partial charge in [-0.3, -0.25) is 0 Å². The number of benzene rings is 1. The van der Waals surface area contributed by atoms with Crippen LogP contribution in [-0.2, 0) is 6.42 Å². The Balaban J connectivity index is 2.20. The normalized spacial score (nSPS) is 10.4. The Labute approximate surface area is 108 Å². The summed E-state index contributed by atoms with van der Waals surface area (Å²) in [6, 6.07) is 12.6. The highest BCUT2D eigenvalue weighted by Crippen LogP contribution is 2.20. The highest BCUT2D eigenvalue weighted by atomic mass is 15.1. The van der Waals surface area contributed by atoms with Crippen LogP contribution < -0.4 is 10.6 Å². The second kappa shape index (κ2) is 5.65. The first kappa shape index (κ1) is 12.6. The monoisotopic (exact) mass is 241 g/mol. The molecule has 3 heteroatoms. The minimum Gasteiger partial charge on any atom is -0.363 e. The average molecular weight is 241 g/mol. The summed E-state index contributed by atoms with van der Waals surface area (Å²) in [5, 5.41) is 0. The molecule has 1 aromatic heterocycles. The van der Waals surface area contributed by atoms with Crippen LogP contribution in [0.2, 0.25) is 0 Å². The van der Waals surface area contributed by atoms with Gasteiger partial charge in [0.1, 0.15) is 5.82 Å². The third-order valence-corrected chi connectivity index (χ3v) is 2.93. The molecule has 0 spiro atoms. The lowest BCUT2D eigenvalue weighted by molar-refractivity contribution is 0.969. The van der Waals surface area contributed by atoms with Crippen LogP contribution in [0.1, 0.15) is 5.56 Å². The Bertz CT molecular complexity index is 486. The fourth-order valence-corrected chi connectivity index (χ4v) is 1.85. The Hall–Kier alpha value is -1.87. The lowest BCUT2D eigenvalue weighted by atomic mass is 10.0. The molecule has 0 atom stereocenters. The molecule has 0 aliphatic rings. The van der Waals surface area contributed by atoms with Gasteiger partial charge in [-0.15, -0.1) is 0 Å². The fraction of sp³-hybridized carbons (Fsp3) is 0.267. The molecule has 1 heterocycles. The average Bonchev–Trinajstić information content (AvgIpc) is 2.40. The van der Waals surface area contributed by atoms with Crippen molar-refractivity contribution < 1.29 is 0 Å². The Morgan fingerprint density at radius 3 is 2.17 bits per heavy atom. The van der Waals surface area contributed by atoms with Crippen LogP contribution >= 0.6 is 0 Å². The molecule has 0 unspecified atom stereocenters. The standard InChI is InChI=1S/C15H19N3/c1-18(2)15-8-7-14(11-17-15)13-5-3-12(4-6-13)9-10-16/h3-8,11H,9-10,16H2,1-2H3. The molecule has 3 nitrogen and oxygen atoms in total. The largest absolute Gasteiger partial charge is 0.363 e. The molecule has 0 amide bonds. The van der Waals surface area contributed by atoms with E-state index in [0.29, 0.717) is 6.54 Å². The Morgan fingerprint density at radius 2 is 1.67 bits per heavy atom. The summed E-state index contributed by atoms with van der Waals surface area (Å²) in [6.45, 7) is 0.693. The van der Waals surface area contributed by atoms with Gasteiger partial charge in [-0.2, -0.15) is 0 Å². The first-order valence-corrected chi connectivity index (χ1v) is 6.13. The molecule has 2 aromatic rings. The van der Waals surface area contributed by atoms with Gasteiger partial charge in [-0.1, -0.05) is 24.3 Å². The van der Waals surface area contributed by atoms with E-state index < -0.39 is 0 Å². The topological polar surface area (TPSA) is 42.1 Å². The molecule has 0 aliphatic carbocycles. The van der Waals surface area contributed by atoms with Crippen molar-refractivity contribution in [2.24, 2.45) is 5.73 Å². The summed E-state index contributed by atoms with van der Waals surface area (Å²) in [4.78, 5) is 6.41. The van der Waals surface area contributed by atoms with Gasteiger partial charge in [0.15, 0.2) is 0 Å². The van der Waals surface area contributed by atoms with Crippen molar-refractivity contribution in [1.82, 2.24) is 4.98 Å². The van der Waals surface area contributed by atoms with E-state index in [2.05, 4.69) is 35.3 Å². The third-order valence-electron chi connectivity index (χ3n) is 2.93. The van der Waals surface area contributed by atoms with E-state index >= 15 is 0 Å². The van der Waals surface area contributed by atoms with Crippen molar-refractivity contribution >= 4 is 5.82 Å². The first-order chi connectivity index (χ1) is 8.70. The SMILES string of the molecule is CN(C)c1ccc(-c2ccc(CCN)cc2)cn1. The van der Waals surface area contributed by atoms with Gasteiger partial charge in [0.05, 0.1) is 0 Å². The molecule has 0 saturated carbocycles. The number of pyridine rings is 1. The second-order valence-corrected chi connectivity index (χ2v) is 4.54. The predicted molar refractivity (Wildman–Crippen MR) is 76.8 cm³/mol. The number of anilines is 1. The van der Waals surface area contributed by atoms with Gasteiger partial charge >= 0.3 is 0 Å². The van der Waals surface area contributed by atoms with E-state index in [1.807, 2.05) is 31.3 Å². The second-order valence-electron chi connectivity index (χ2n) is 4.54. The number of nitrogens with two attached hydrogens (primary N) is 1. The number of aromatic nitrogens is 1. The van der Waals surface area contributed by atoms with Gasteiger partial charge < -0.3 is 10.6 Å². The number of hydrogen-bond acceptors (Lipinski definition) is 3. The molecule has 2 N–H and O–H groups in total. The maximum atomic E-state index is 5.54. The quantitative estimate of drug-likeness (QED) is 0.893. The summed E-state index contributed by atoms with van der Waals surface area (Å²) in [7, 11) is 3.98. The summed E-state index contributed by atoms with van der Waals surface area (Å²) < 4.78 is 0. The summed E-state index contributed by atoms with van der Waals surface area (Å²) in [5.41, 5.74) is 9.14. The van der Waals surface area contributed by atoms with E-state index in [9.17, 15) is 0 Å². The zero-order chi connectivity index (χ0) is 13.0. The lowest BCUT2D eigenvalue weighted by Crippen LogP contribution is -2.09. The molecule has 0 saturated heterocycles. The smallest absolute Gasteiger partial charge is 0.127 e. The highest BCUT2D eigenvalue weighted by Gasteiger charge is 2.00. The van der Waals surface area contributed by atoms with Crippen molar-refractivity contribution in [2.45, 2.75) is 6.42 Å². The summed E-state index contributed by atoms with van der Waals surface area (Å²) in [6.07, 6.45) is 2.84. The molecule has 1 aromatic carbocycles. The number of hydrogen-bond donors (Lipinski definition) is 1. The van der Waals surface area contributed by atoms with Crippen molar-refractivity contribution in [3.05, 3.63) is 48.2 Å². The van der Waals surface area contributed by atoms with Crippen molar-refractivity contribution in [3.63, 3.8) is 0 Å². The van der Waals surface area contributed by atoms with E-state index in [0.717, 1.165) is 17.8 Å². The van der Waals surface area contributed by atoms with Crippen LogP contribution in [0.3, 0.4) is 0 Å². The zero-order valence-electron chi connectivity index (χ0n) is 10.9. The Kier molecular flexibility index (Phi) is 3.95. The van der Waals surface area contributed by atoms with Crippen molar-refractivity contribution in [1.29, 1.82) is 0 Å². The van der Waals surface area contributed by atoms with Gasteiger partial charge in [-0.05, 0) is 36.2 Å². The van der Waals surface area contributed by atoms with Gasteiger partial charge in [0.2, 0.25) is 0 Å². The zero-order valence-corrected chi connectivity index (χ0v) is 10.9. The molecule has 18 heavy (non-hydrogen) atoms. The number of nitrogens with zero attached hydrogens (tertiary/aromatic N) is 2. The minimum atomic E-state index is 0.693. The molecule has 0 aliphatic heterocycles. The van der Waals surface area contributed by atoms with Gasteiger partial charge in [0.25, 0.3) is 0 Å². The fourth-order valence-electron chi connectivity index (χ4n) is 1.85. The van der Waals surface area contributed by atoms with Crippen LogP contribution in [0.15, 0.2) is 42.6 Å². The van der Waals surface area contributed by atoms with E-state index in [1.54, 1.807) is 0 Å². The maximum absolute atomic E-state index is 5.54. The van der Waals surface area contributed by atoms with Crippen LogP contribution in [0.25, 0.3) is 11.1 Å². The summed E-state index contributed by atoms with van der Waals surface area (Å²) >= 11 is 0. The van der Waals surface area contributed by atoms with Crippen molar-refractivity contribution in [3.8, 4) is 11.1 Å². The van der Waals surface area contributed by atoms with Crippen molar-refractivity contribution in [2.75, 3.05) is 25.5 Å². The maximum Gasteiger partial charge on any atom is 0.127 e. The molecule has 0 bridgehead atoms. The number of rotatable bonds is 4. The molecular formula is C15H19N3. The van der Waals surface area contributed by atoms with E-state index in [1.165, 1.54) is 11.1 Å². The van der Waals surface area contributed by atoms with Crippen LogP contribution in [-0.4, -0.2) is 25.6 Å². The van der Waals surface area contributed by atoms with Gasteiger partial charge in [0, 0.05) is 25.9 Å². The molecular weight excluding hydrogens is 222 g/mol. The molecule has 0 radical (unpaired) electrons. The molecule has 0 fully saturated rings.